The Morgan fingerprint density at radius 3 is 2.75 bits per heavy atom. The van der Waals surface area contributed by atoms with Gasteiger partial charge in [-0.2, -0.15) is 10.4 Å². The van der Waals surface area contributed by atoms with Crippen LogP contribution in [0.3, 0.4) is 0 Å². The van der Waals surface area contributed by atoms with E-state index in [4.69, 9.17) is 11.0 Å². The van der Waals surface area contributed by atoms with Gasteiger partial charge in [-0.1, -0.05) is 0 Å². The van der Waals surface area contributed by atoms with Crippen molar-refractivity contribution >= 4 is 5.69 Å². The van der Waals surface area contributed by atoms with E-state index in [2.05, 4.69) is 10.1 Å². The van der Waals surface area contributed by atoms with E-state index in [9.17, 15) is 0 Å². The molecule has 5 heteroatoms. The molecule has 2 heterocycles. The zero-order chi connectivity index (χ0) is 11.7. The second-order valence-corrected chi connectivity index (χ2v) is 3.48. The van der Waals surface area contributed by atoms with Crippen LogP contribution >= 0.6 is 0 Å². The van der Waals surface area contributed by atoms with Crippen LogP contribution in [-0.4, -0.2) is 14.8 Å². The van der Waals surface area contributed by atoms with Gasteiger partial charge in [-0.25, -0.2) is 9.67 Å². The van der Waals surface area contributed by atoms with Crippen molar-refractivity contribution in [3.8, 4) is 11.8 Å². The third kappa shape index (κ3) is 1.41. The molecule has 0 fully saturated rings. The lowest BCUT2D eigenvalue weighted by atomic mass is 10.3. The van der Waals surface area contributed by atoms with Crippen molar-refractivity contribution < 1.29 is 0 Å². The highest BCUT2D eigenvalue weighted by molar-refractivity contribution is 5.53. The number of aromatic nitrogens is 3. The Labute approximate surface area is 93.1 Å². The molecule has 0 saturated carbocycles. The molecule has 0 unspecified atom stereocenters. The highest BCUT2D eigenvalue weighted by Crippen LogP contribution is 2.20. The molecule has 2 aromatic rings. The first-order valence-corrected chi connectivity index (χ1v) is 4.82. The maximum absolute atomic E-state index is 8.96. The van der Waals surface area contributed by atoms with Crippen LogP contribution < -0.4 is 5.73 Å². The molecule has 5 nitrogen and oxygen atoms in total. The number of nitrogen functional groups attached to an aromatic ring is 1. The lowest BCUT2D eigenvalue weighted by Gasteiger charge is -2.04. The molecule has 0 aliphatic heterocycles. The first-order chi connectivity index (χ1) is 7.65. The molecular weight excluding hydrogens is 202 g/mol. The van der Waals surface area contributed by atoms with Gasteiger partial charge in [0.25, 0.3) is 0 Å². The van der Waals surface area contributed by atoms with Gasteiger partial charge < -0.3 is 5.73 Å². The summed E-state index contributed by atoms with van der Waals surface area (Å²) in [5.74, 6) is 0. The summed E-state index contributed by atoms with van der Waals surface area (Å²) in [7, 11) is 0. The number of hydrogen-bond donors (Lipinski definition) is 1. The number of rotatable bonds is 1. The second kappa shape index (κ2) is 3.66. The topological polar surface area (TPSA) is 80.5 Å². The highest BCUT2D eigenvalue weighted by Gasteiger charge is 2.12. The summed E-state index contributed by atoms with van der Waals surface area (Å²) < 4.78 is 1.65. The standard InChI is InChI=1S/C11H11N5/c1-7-11(13)8(2)16(15-7)10-4-3-5-14-9(10)6-12/h3-5H,13H2,1-2H3. The van der Waals surface area contributed by atoms with E-state index in [1.807, 2.05) is 19.9 Å². The summed E-state index contributed by atoms with van der Waals surface area (Å²) in [4.78, 5) is 3.99. The maximum Gasteiger partial charge on any atom is 0.166 e. The van der Waals surface area contributed by atoms with Gasteiger partial charge in [-0.15, -0.1) is 0 Å². The molecule has 0 spiro atoms. The van der Waals surface area contributed by atoms with Gasteiger partial charge in [-0.3, -0.25) is 0 Å². The lowest BCUT2D eigenvalue weighted by Crippen LogP contribution is -2.03. The van der Waals surface area contributed by atoms with Crippen LogP contribution in [0.15, 0.2) is 18.3 Å². The van der Waals surface area contributed by atoms with Gasteiger partial charge in [-0.05, 0) is 26.0 Å². The van der Waals surface area contributed by atoms with Crippen molar-refractivity contribution in [2.75, 3.05) is 5.73 Å². The number of anilines is 1. The number of pyridine rings is 1. The number of nitrogens with two attached hydrogens (primary N) is 1. The van der Waals surface area contributed by atoms with Crippen LogP contribution in [0.4, 0.5) is 5.69 Å². The third-order valence-electron chi connectivity index (χ3n) is 2.47. The van der Waals surface area contributed by atoms with Crippen molar-refractivity contribution in [3.63, 3.8) is 0 Å². The molecule has 0 atom stereocenters. The van der Waals surface area contributed by atoms with E-state index in [1.165, 1.54) is 0 Å². The molecule has 2 N–H and O–H groups in total. The van der Waals surface area contributed by atoms with Gasteiger partial charge in [0.15, 0.2) is 5.69 Å². The SMILES string of the molecule is Cc1nn(-c2cccnc2C#N)c(C)c1N. The predicted octanol–water partition coefficient (Wildman–Crippen LogP) is 1.34. The van der Waals surface area contributed by atoms with Crippen LogP contribution in [0.5, 0.6) is 0 Å². The van der Waals surface area contributed by atoms with E-state index in [-0.39, 0.29) is 0 Å². The minimum atomic E-state index is 0.341. The van der Waals surface area contributed by atoms with E-state index in [1.54, 1.807) is 23.0 Å². The number of nitriles is 1. The van der Waals surface area contributed by atoms with Crippen molar-refractivity contribution in [3.05, 3.63) is 35.4 Å². The van der Waals surface area contributed by atoms with Gasteiger partial charge >= 0.3 is 0 Å². The Balaban J connectivity index is 2.69. The zero-order valence-corrected chi connectivity index (χ0v) is 9.10. The molecule has 16 heavy (non-hydrogen) atoms. The minimum absolute atomic E-state index is 0.341. The van der Waals surface area contributed by atoms with Crippen LogP contribution in [0.25, 0.3) is 5.69 Å². The summed E-state index contributed by atoms with van der Waals surface area (Å²) >= 11 is 0. The van der Waals surface area contributed by atoms with E-state index in [0.717, 1.165) is 11.4 Å². The van der Waals surface area contributed by atoms with E-state index in [0.29, 0.717) is 17.1 Å². The lowest BCUT2D eigenvalue weighted by molar-refractivity contribution is 0.825. The Bertz CT molecular complexity index is 577. The Kier molecular flexibility index (Phi) is 2.33. The Hall–Kier alpha value is -2.35. The molecule has 0 aliphatic carbocycles. The average molecular weight is 213 g/mol. The maximum atomic E-state index is 8.96. The fourth-order valence-corrected chi connectivity index (χ4v) is 1.54. The van der Waals surface area contributed by atoms with Gasteiger partial charge in [0.05, 0.1) is 17.1 Å². The molecule has 0 bridgehead atoms. The number of hydrogen-bond acceptors (Lipinski definition) is 4. The summed E-state index contributed by atoms with van der Waals surface area (Å²) in [6.07, 6.45) is 1.58. The number of nitrogens with zero attached hydrogens (tertiary/aromatic N) is 4. The normalized spacial score (nSPS) is 10.1. The molecule has 2 aromatic heterocycles. The first-order valence-electron chi connectivity index (χ1n) is 4.82. The Morgan fingerprint density at radius 1 is 1.44 bits per heavy atom. The zero-order valence-electron chi connectivity index (χ0n) is 9.10. The van der Waals surface area contributed by atoms with E-state index < -0.39 is 0 Å². The molecule has 80 valence electrons. The summed E-state index contributed by atoms with van der Waals surface area (Å²) in [6, 6.07) is 5.60. The highest BCUT2D eigenvalue weighted by atomic mass is 15.3. The average Bonchev–Trinajstić information content (AvgIpc) is 2.57. The molecule has 0 amide bonds. The molecule has 2 rings (SSSR count). The monoisotopic (exact) mass is 213 g/mol. The van der Waals surface area contributed by atoms with Gasteiger partial charge in [0.2, 0.25) is 0 Å². The third-order valence-corrected chi connectivity index (χ3v) is 2.47. The van der Waals surface area contributed by atoms with Crippen LogP contribution in [0, 0.1) is 25.2 Å². The van der Waals surface area contributed by atoms with Crippen molar-refractivity contribution in [1.82, 2.24) is 14.8 Å². The van der Waals surface area contributed by atoms with Gasteiger partial charge in [0, 0.05) is 6.20 Å². The summed E-state index contributed by atoms with van der Waals surface area (Å²) in [5, 5.41) is 13.3. The molecule has 0 saturated heterocycles. The van der Waals surface area contributed by atoms with Crippen LogP contribution in [0.2, 0.25) is 0 Å². The van der Waals surface area contributed by atoms with Crippen molar-refractivity contribution in [2.45, 2.75) is 13.8 Å². The fraction of sp³-hybridized carbons (Fsp3) is 0.182. The van der Waals surface area contributed by atoms with Crippen LogP contribution in [0.1, 0.15) is 17.1 Å². The van der Waals surface area contributed by atoms with Crippen molar-refractivity contribution in [2.24, 2.45) is 0 Å². The molecular formula is C11H11N5. The second-order valence-electron chi connectivity index (χ2n) is 3.48. The first kappa shape index (κ1) is 10.2. The van der Waals surface area contributed by atoms with E-state index >= 15 is 0 Å². The number of aryl methyl sites for hydroxylation is 1. The van der Waals surface area contributed by atoms with Crippen molar-refractivity contribution in [1.29, 1.82) is 5.26 Å². The quantitative estimate of drug-likeness (QED) is 0.775. The molecule has 0 radical (unpaired) electrons. The summed E-state index contributed by atoms with van der Waals surface area (Å²) in [5.41, 5.74) is 9.06. The Morgan fingerprint density at radius 2 is 2.19 bits per heavy atom. The van der Waals surface area contributed by atoms with Gasteiger partial charge in [0.1, 0.15) is 11.8 Å². The van der Waals surface area contributed by atoms with Crippen LogP contribution in [-0.2, 0) is 0 Å². The summed E-state index contributed by atoms with van der Waals surface area (Å²) in [6.45, 7) is 3.70. The molecule has 0 aliphatic rings. The predicted molar refractivity (Wildman–Crippen MR) is 60.0 cm³/mol. The largest absolute Gasteiger partial charge is 0.396 e. The molecule has 0 aromatic carbocycles. The smallest absolute Gasteiger partial charge is 0.166 e. The fourth-order valence-electron chi connectivity index (χ4n) is 1.54. The minimum Gasteiger partial charge on any atom is -0.396 e.